The zero-order valence-corrected chi connectivity index (χ0v) is 21.1. The second-order valence-electron chi connectivity index (χ2n) is 8.54. The van der Waals surface area contributed by atoms with Crippen molar-refractivity contribution in [2.45, 2.75) is 26.3 Å². The number of ether oxygens (including phenoxy) is 2. The van der Waals surface area contributed by atoms with Gasteiger partial charge in [-0.3, -0.25) is 4.68 Å². The average molecular weight is 489 g/mol. The molecule has 180 valence electrons. The first-order valence-electron chi connectivity index (χ1n) is 11.6. The van der Waals surface area contributed by atoms with Gasteiger partial charge in [-0.15, -0.1) is 11.3 Å². The minimum atomic E-state index is 0.271. The van der Waals surface area contributed by atoms with E-state index in [-0.39, 0.29) is 6.04 Å². The average Bonchev–Trinajstić information content (AvgIpc) is 3.60. The molecule has 0 aliphatic heterocycles. The molecular formula is C26H28N6O2S. The fourth-order valence-electron chi connectivity index (χ4n) is 3.93. The van der Waals surface area contributed by atoms with Crippen molar-refractivity contribution < 1.29 is 9.47 Å². The summed E-state index contributed by atoms with van der Waals surface area (Å²) in [4.78, 5) is 16.1. The zero-order chi connectivity index (χ0) is 24.4. The number of aryl methyl sites for hydroxylation is 1. The molecule has 9 heteroatoms. The highest BCUT2D eigenvalue weighted by molar-refractivity contribution is 7.22. The van der Waals surface area contributed by atoms with Gasteiger partial charge in [0, 0.05) is 57.4 Å². The molecule has 0 radical (unpaired) electrons. The van der Waals surface area contributed by atoms with Crippen LogP contribution in [-0.2, 0) is 11.8 Å². The number of rotatable bonds is 9. The van der Waals surface area contributed by atoms with Crippen LogP contribution in [0.3, 0.4) is 0 Å². The molecule has 0 saturated carbocycles. The third-order valence-electron chi connectivity index (χ3n) is 5.70. The summed E-state index contributed by atoms with van der Waals surface area (Å²) in [5.41, 5.74) is 3.01. The van der Waals surface area contributed by atoms with E-state index in [1.807, 2.05) is 46.9 Å². The van der Waals surface area contributed by atoms with Crippen molar-refractivity contribution in [3.8, 4) is 39.2 Å². The molecule has 0 aliphatic rings. The quantitative estimate of drug-likeness (QED) is 0.251. The highest BCUT2D eigenvalue weighted by Gasteiger charge is 2.25. The molecule has 0 spiro atoms. The van der Waals surface area contributed by atoms with E-state index in [0.29, 0.717) is 30.7 Å². The number of nitrogens with zero attached hydrogens (tertiary/aromatic N) is 6. The number of benzene rings is 1. The Kier molecular flexibility index (Phi) is 6.61. The van der Waals surface area contributed by atoms with E-state index in [2.05, 4.69) is 37.0 Å². The Morgan fingerprint density at radius 2 is 1.86 bits per heavy atom. The summed E-state index contributed by atoms with van der Waals surface area (Å²) in [5, 5.41) is 5.76. The Hall–Kier alpha value is -3.56. The topological polar surface area (TPSA) is 79.9 Å². The Morgan fingerprint density at radius 1 is 1.03 bits per heavy atom. The normalized spacial score (nSPS) is 11.6. The second-order valence-corrected chi connectivity index (χ2v) is 9.54. The lowest BCUT2D eigenvalue weighted by Gasteiger charge is -2.11. The first kappa shape index (κ1) is 23.2. The van der Waals surface area contributed by atoms with E-state index in [1.165, 1.54) is 0 Å². The van der Waals surface area contributed by atoms with Crippen LogP contribution in [0.15, 0.2) is 55.0 Å². The van der Waals surface area contributed by atoms with Gasteiger partial charge in [-0.25, -0.2) is 9.97 Å². The molecule has 35 heavy (non-hydrogen) atoms. The lowest BCUT2D eigenvalue weighted by atomic mass is 10.0. The monoisotopic (exact) mass is 488 g/mol. The van der Waals surface area contributed by atoms with Gasteiger partial charge in [-0.2, -0.15) is 10.1 Å². The van der Waals surface area contributed by atoms with Crippen LogP contribution in [0.5, 0.6) is 5.88 Å². The maximum absolute atomic E-state index is 6.27. The van der Waals surface area contributed by atoms with Crippen LogP contribution in [0, 0.1) is 0 Å². The maximum Gasteiger partial charge on any atom is 0.226 e. The van der Waals surface area contributed by atoms with Crippen LogP contribution in [0.25, 0.3) is 43.6 Å². The van der Waals surface area contributed by atoms with Crippen molar-refractivity contribution >= 4 is 21.6 Å². The van der Waals surface area contributed by atoms with Crippen molar-refractivity contribution in [3.63, 3.8) is 0 Å². The number of aromatic nitrogens is 6. The first-order chi connectivity index (χ1) is 17.1. The molecule has 1 aromatic carbocycles. The number of hydrogen-bond acceptors (Lipinski definition) is 7. The molecule has 0 bridgehead atoms. The Bertz CT molecular complexity index is 1440. The summed E-state index contributed by atoms with van der Waals surface area (Å²) >= 11 is 1.60. The SMILES string of the molecule is COCCCOc1nc(-c2nccn2C)nc2sc(-c3ccn(C(C)C)n3)c(-c3ccccc3)c12. The summed E-state index contributed by atoms with van der Waals surface area (Å²) in [6.45, 7) is 5.35. The van der Waals surface area contributed by atoms with E-state index in [9.17, 15) is 0 Å². The number of thiophene rings is 1. The van der Waals surface area contributed by atoms with Crippen LogP contribution in [0.2, 0.25) is 0 Å². The third kappa shape index (κ3) is 4.56. The summed E-state index contributed by atoms with van der Waals surface area (Å²) in [6, 6.07) is 12.6. The third-order valence-corrected chi connectivity index (χ3v) is 6.81. The van der Waals surface area contributed by atoms with Gasteiger partial charge in [0.25, 0.3) is 0 Å². The Labute approximate surface area is 208 Å². The van der Waals surface area contributed by atoms with Crippen LogP contribution in [-0.4, -0.2) is 49.6 Å². The van der Waals surface area contributed by atoms with Crippen molar-refractivity contribution in [1.82, 2.24) is 29.3 Å². The molecule has 8 nitrogen and oxygen atoms in total. The van der Waals surface area contributed by atoms with E-state index >= 15 is 0 Å². The predicted octanol–water partition coefficient (Wildman–Crippen LogP) is 5.62. The van der Waals surface area contributed by atoms with Gasteiger partial charge >= 0.3 is 0 Å². The van der Waals surface area contributed by atoms with Gasteiger partial charge in [0.1, 0.15) is 10.5 Å². The Morgan fingerprint density at radius 3 is 2.54 bits per heavy atom. The van der Waals surface area contributed by atoms with Crippen molar-refractivity contribution in [1.29, 1.82) is 0 Å². The standard InChI is InChI=1S/C26H28N6O2S/c1-17(2)32-13-11-19(30-32)22-20(18-9-6-5-7-10-18)21-25(34-16-8-15-33-4)28-23(29-26(21)35-22)24-27-12-14-31(24)3/h5-7,9-14,17H,8,15-16H2,1-4H3. The number of imidazole rings is 1. The fourth-order valence-corrected chi connectivity index (χ4v) is 5.09. The lowest BCUT2D eigenvalue weighted by Crippen LogP contribution is -2.05. The highest BCUT2D eigenvalue weighted by Crippen LogP contribution is 2.47. The summed E-state index contributed by atoms with van der Waals surface area (Å²) in [5.74, 6) is 1.77. The highest BCUT2D eigenvalue weighted by atomic mass is 32.1. The van der Waals surface area contributed by atoms with Crippen LogP contribution in [0.1, 0.15) is 26.3 Å². The molecule has 0 atom stereocenters. The maximum atomic E-state index is 6.27. The second kappa shape index (κ2) is 9.97. The predicted molar refractivity (Wildman–Crippen MR) is 139 cm³/mol. The molecule has 0 amide bonds. The summed E-state index contributed by atoms with van der Waals surface area (Å²) < 4.78 is 15.4. The van der Waals surface area contributed by atoms with Gasteiger partial charge in [-0.05, 0) is 25.5 Å². The molecule has 4 heterocycles. The van der Waals surface area contributed by atoms with E-state index in [4.69, 9.17) is 24.5 Å². The van der Waals surface area contributed by atoms with E-state index in [1.54, 1.807) is 24.6 Å². The minimum absolute atomic E-state index is 0.271. The first-order valence-corrected chi connectivity index (χ1v) is 12.4. The molecule has 0 saturated heterocycles. The van der Waals surface area contributed by atoms with E-state index in [0.717, 1.165) is 38.3 Å². The summed E-state index contributed by atoms with van der Waals surface area (Å²) in [6.07, 6.45) is 6.41. The zero-order valence-electron chi connectivity index (χ0n) is 20.3. The van der Waals surface area contributed by atoms with Crippen molar-refractivity contribution in [2.75, 3.05) is 20.3 Å². The molecule has 5 aromatic rings. The van der Waals surface area contributed by atoms with Crippen LogP contribution in [0.4, 0.5) is 0 Å². The van der Waals surface area contributed by atoms with Crippen LogP contribution < -0.4 is 4.74 Å². The largest absolute Gasteiger partial charge is 0.477 e. The Balaban J connectivity index is 1.75. The van der Waals surface area contributed by atoms with E-state index < -0.39 is 0 Å². The molecule has 0 N–H and O–H groups in total. The van der Waals surface area contributed by atoms with Crippen LogP contribution >= 0.6 is 11.3 Å². The van der Waals surface area contributed by atoms with Gasteiger partial charge in [0.2, 0.25) is 11.7 Å². The lowest BCUT2D eigenvalue weighted by molar-refractivity contribution is 0.171. The van der Waals surface area contributed by atoms with Gasteiger partial charge < -0.3 is 14.0 Å². The minimum Gasteiger partial charge on any atom is -0.477 e. The molecule has 4 aromatic heterocycles. The smallest absolute Gasteiger partial charge is 0.226 e. The molecule has 5 rings (SSSR count). The number of fused-ring (bicyclic) bond motifs is 1. The van der Waals surface area contributed by atoms with Gasteiger partial charge in [0.15, 0.2) is 5.82 Å². The molecule has 0 unspecified atom stereocenters. The summed E-state index contributed by atoms with van der Waals surface area (Å²) in [7, 11) is 3.62. The number of methoxy groups -OCH3 is 1. The molecule has 0 aliphatic carbocycles. The van der Waals surface area contributed by atoms with Crippen molar-refractivity contribution in [3.05, 3.63) is 55.0 Å². The fraction of sp³-hybridized carbons (Fsp3) is 0.308. The number of hydrogen-bond donors (Lipinski definition) is 0. The van der Waals surface area contributed by atoms with Gasteiger partial charge in [-0.1, -0.05) is 30.3 Å². The van der Waals surface area contributed by atoms with Crippen molar-refractivity contribution in [2.24, 2.45) is 7.05 Å². The molecular weight excluding hydrogens is 460 g/mol. The van der Waals surface area contributed by atoms with Gasteiger partial charge in [0.05, 0.1) is 16.9 Å². The molecule has 0 fully saturated rings.